The summed E-state index contributed by atoms with van der Waals surface area (Å²) in [6.45, 7) is 2.17. The van der Waals surface area contributed by atoms with Crippen LogP contribution in [0.15, 0.2) is 0 Å². The minimum Gasteiger partial charge on any atom is -0.329 e. The van der Waals surface area contributed by atoms with Gasteiger partial charge in [-0.3, -0.25) is 9.59 Å². The van der Waals surface area contributed by atoms with Crippen LogP contribution in [0, 0.1) is 0 Å². The van der Waals surface area contributed by atoms with Crippen LogP contribution in [0.3, 0.4) is 0 Å². The number of amides is 2. The van der Waals surface area contributed by atoms with Crippen LogP contribution in [0.5, 0.6) is 0 Å². The van der Waals surface area contributed by atoms with Crippen molar-refractivity contribution in [3.8, 4) is 0 Å². The summed E-state index contributed by atoms with van der Waals surface area (Å²) in [7, 11) is 0. The van der Waals surface area contributed by atoms with Crippen LogP contribution in [-0.4, -0.2) is 53.0 Å². The van der Waals surface area contributed by atoms with E-state index < -0.39 is 24.7 Å². The van der Waals surface area contributed by atoms with Crippen molar-refractivity contribution in [3.63, 3.8) is 0 Å². The smallest absolute Gasteiger partial charge is 0.329 e. The summed E-state index contributed by atoms with van der Waals surface area (Å²) in [5.41, 5.74) is 0. The molecule has 2 rings (SSSR count). The number of fused-ring (bicyclic) bond motifs is 1. The highest BCUT2D eigenvalue weighted by atomic mass is 19.4. The molecule has 0 aliphatic carbocycles. The molecule has 0 spiro atoms. The first-order valence-electron chi connectivity index (χ1n) is 6.99. The lowest BCUT2D eigenvalue weighted by Crippen LogP contribution is -2.65. The fourth-order valence-electron chi connectivity index (χ4n) is 2.96. The predicted molar refractivity (Wildman–Crippen MR) is 65.8 cm³/mol. The van der Waals surface area contributed by atoms with Crippen molar-refractivity contribution in [1.29, 1.82) is 0 Å². The van der Waals surface area contributed by atoms with Crippen LogP contribution < -0.4 is 0 Å². The number of piperazine rings is 1. The van der Waals surface area contributed by atoms with Gasteiger partial charge >= 0.3 is 6.18 Å². The third-order valence-corrected chi connectivity index (χ3v) is 4.04. The monoisotopic (exact) mass is 292 g/mol. The first-order valence-corrected chi connectivity index (χ1v) is 6.99. The molecule has 20 heavy (non-hydrogen) atoms. The summed E-state index contributed by atoms with van der Waals surface area (Å²) in [5, 5.41) is 0. The molecular weight excluding hydrogens is 273 g/mol. The number of rotatable bonds is 3. The van der Waals surface area contributed by atoms with E-state index in [9.17, 15) is 22.8 Å². The van der Waals surface area contributed by atoms with E-state index in [1.807, 2.05) is 0 Å². The van der Waals surface area contributed by atoms with E-state index in [0.717, 1.165) is 12.8 Å². The third kappa shape index (κ3) is 3.07. The molecule has 0 aromatic rings. The standard InChI is InChI=1S/C13H19F3N2O2/c1-9-11(19)18-7-3-2-5-10(18)12(20)17(9)8-4-6-13(14,15)16/h9-10H,2-8H2,1H3. The maximum Gasteiger partial charge on any atom is 0.389 e. The molecule has 2 aliphatic rings. The lowest BCUT2D eigenvalue weighted by atomic mass is 9.95. The van der Waals surface area contributed by atoms with Gasteiger partial charge in [-0.05, 0) is 32.6 Å². The Hall–Kier alpha value is -1.27. The number of carbonyl (C=O) groups is 2. The highest BCUT2D eigenvalue weighted by molar-refractivity contribution is 5.96. The third-order valence-electron chi connectivity index (χ3n) is 4.04. The predicted octanol–water partition coefficient (Wildman–Crippen LogP) is 1.94. The first-order chi connectivity index (χ1) is 9.31. The summed E-state index contributed by atoms with van der Waals surface area (Å²) < 4.78 is 36.5. The van der Waals surface area contributed by atoms with E-state index in [4.69, 9.17) is 0 Å². The molecule has 2 atom stereocenters. The maximum atomic E-state index is 12.3. The number of alkyl halides is 3. The number of piperidine rings is 1. The number of halogens is 3. The number of carbonyl (C=O) groups excluding carboxylic acids is 2. The summed E-state index contributed by atoms with van der Waals surface area (Å²) in [6.07, 6.45) is -2.91. The summed E-state index contributed by atoms with van der Waals surface area (Å²) in [4.78, 5) is 27.4. The van der Waals surface area contributed by atoms with Gasteiger partial charge in [-0.1, -0.05) is 0 Å². The fraction of sp³-hybridized carbons (Fsp3) is 0.846. The molecule has 0 aromatic carbocycles. The molecule has 2 amide bonds. The Morgan fingerprint density at radius 3 is 2.55 bits per heavy atom. The van der Waals surface area contributed by atoms with Crippen LogP contribution in [0.2, 0.25) is 0 Å². The Kier molecular flexibility index (Phi) is 4.25. The Bertz CT molecular complexity index is 398. The molecule has 2 fully saturated rings. The van der Waals surface area contributed by atoms with Crippen LogP contribution in [-0.2, 0) is 9.59 Å². The number of nitrogens with zero attached hydrogens (tertiary/aromatic N) is 2. The normalized spacial score (nSPS) is 27.8. The maximum absolute atomic E-state index is 12.3. The van der Waals surface area contributed by atoms with E-state index in [1.54, 1.807) is 11.8 Å². The highest BCUT2D eigenvalue weighted by Gasteiger charge is 2.44. The topological polar surface area (TPSA) is 40.6 Å². The van der Waals surface area contributed by atoms with Gasteiger partial charge < -0.3 is 9.80 Å². The zero-order valence-electron chi connectivity index (χ0n) is 11.4. The van der Waals surface area contributed by atoms with Crippen LogP contribution in [0.1, 0.15) is 39.0 Å². The van der Waals surface area contributed by atoms with Crippen molar-refractivity contribution >= 4 is 11.8 Å². The SMILES string of the molecule is CC1C(=O)N2CCCCC2C(=O)N1CCCC(F)(F)F. The molecule has 2 unspecified atom stereocenters. The second kappa shape index (κ2) is 5.61. The molecule has 0 bridgehead atoms. The van der Waals surface area contributed by atoms with Crippen molar-refractivity contribution in [2.24, 2.45) is 0 Å². The minimum absolute atomic E-state index is 0.00438. The zero-order chi connectivity index (χ0) is 14.9. The molecule has 2 heterocycles. The first kappa shape index (κ1) is 15.1. The second-order valence-corrected chi connectivity index (χ2v) is 5.47. The summed E-state index contributed by atoms with van der Waals surface area (Å²) in [5.74, 6) is -0.333. The van der Waals surface area contributed by atoms with Gasteiger partial charge in [-0.25, -0.2) is 0 Å². The quantitative estimate of drug-likeness (QED) is 0.797. The fourth-order valence-corrected chi connectivity index (χ4v) is 2.96. The van der Waals surface area contributed by atoms with Crippen molar-refractivity contribution < 1.29 is 22.8 Å². The average Bonchev–Trinajstić information content (AvgIpc) is 2.39. The molecule has 0 saturated carbocycles. The van der Waals surface area contributed by atoms with Gasteiger partial charge in [0.15, 0.2) is 0 Å². The Balaban J connectivity index is 2.01. The molecule has 0 aromatic heterocycles. The van der Waals surface area contributed by atoms with Crippen molar-refractivity contribution in [1.82, 2.24) is 9.80 Å². The Labute approximate surface area is 115 Å². The molecular formula is C13H19F3N2O2. The molecule has 7 heteroatoms. The van der Waals surface area contributed by atoms with Gasteiger partial charge in [0.05, 0.1) is 0 Å². The highest BCUT2D eigenvalue weighted by Crippen LogP contribution is 2.27. The van der Waals surface area contributed by atoms with Crippen LogP contribution in [0.4, 0.5) is 13.2 Å². The van der Waals surface area contributed by atoms with Gasteiger partial charge in [-0.2, -0.15) is 13.2 Å². The summed E-state index contributed by atoms with van der Waals surface area (Å²) in [6, 6.07) is -1.11. The van der Waals surface area contributed by atoms with E-state index in [-0.39, 0.29) is 24.8 Å². The van der Waals surface area contributed by atoms with Crippen molar-refractivity contribution in [3.05, 3.63) is 0 Å². The Morgan fingerprint density at radius 2 is 1.90 bits per heavy atom. The van der Waals surface area contributed by atoms with Gasteiger partial charge in [-0.15, -0.1) is 0 Å². The van der Waals surface area contributed by atoms with Crippen molar-refractivity contribution in [2.45, 2.75) is 57.3 Å². The number of hydrogen-bond acceptors (Lipinski definition) is 2. The van der Waals surface area contributed by atoms with E-state index in [2.05, 4.69) is 0 Å². The summed E-state index contributed by atoms with van der Waals surface area (Å²) >= 11 is 0. The zero-order valence-corrected chi connectivity index (χ0v) is 11.4. The van der Waals surface area contributed by atoms with Crippen LogP contribution >= 0.6 is 0 Å². The Morgan fingerprint density at radius 1 is 1.20 bits per heavy atom. The number of hydrogen-bond donors (Lipinski definition) is 0. The van der Waals surface area contributed by atoms with Gasteiger partial charge in [0.25, 0.3) is 0 Å². The second-order valence-electron chi connectivity index (χ2n) is 5.47. The van der Waals surface area contributed by atoms with Gasteiger partial charge in [0.1, 0.15) is 12.1 Å². The lowest BCUT2D eigenvalue weighted by Gasteiger charge is -2.46. The molecule has 2 saturated heterocycles. The van der Waals surface area contributed by atoms with E-state index >= 15 is 0 Å². The largest absolute Gasteiger partial charge is 0.389 e. The van der Waals surface area contributed by atoms with Crippen LogP contribution in [0.25, 0.3) is 0 Å². The lowest BCUT2D eigenvalue weighted by molar-refractivity contribution is -0.164. The van der Waals surface area contributed by atoms with Gasteiger partial charge in [0, 0.05) is 19.5 Å². The average molecular weight is 292 g/mol. The van der Waals surface area contributed by atoms with Gasteiger partial charge in [0.2, 0.25) is 11.8 Å². The molecule has 0 radical (unpaired) electrons. The van der Waals surface area contributed by atoms with Crippen molar-refractivity contribution in [2.75, 3.05) is 13.1 Å². The van der Waals surface area contributed by atoms with E-state index in [1.165, 1.54) is 4.90 Å². The molecule has 4 nitrogen and oxygen atoms in total. The molecule has 2 aliphatic heterocycles. The van der Waals surface area contributed by atoms with E-state index in [0.29, 0.717) is 13.0 Å². The molecule has 114 valence electrons. The minimum atomic E-state index is -4.22. The molecule has 0 N–H and O–H groups in total.